The first kappa shape index (κ1) is 19.7. The summed E-state index contributed by atoms with van der Waals surface area (Å²) in [5.41, 5.74) is 3.14. The summed E-state index contributed by atoms with van der Waals surface area (Å²) >= 11 is 0. The molecular weight excluding hydrogens is 330 g/mol. The molecule has 0 spiro atoms. The van der Waals surface area contributed by atoms with Crippen LogP contribution >= 0.6 is 0 Å². The molecule has 6 heteroatoms. The summed E-state index contributed by atoms with van der Waals surface area (Å²) in [5.74, 6) is -1.21. The van der Waals surface area contributed by atoms with Crippen LogP contribution in [-0.4, -0.2) is 32.8 Å². The molecule has 0 aliphatic carbocycles. The minimum atomic E-state index is -1.02. The van der Waals surface area contributed by atoms with Gasteiger partial charge >= 0.3 is 5.97 Å². The predicted octanol–water partition coefficient (Wildman–Crippen LogP) is 3.53. The van der Waals surface area contributed by atoms with Crippen LogP contribution < -0.4 is 5.32 Å². The molecule has 2 N–H and O–H groups in total. The summed E-state index contributed by atoms with van der Waals surface area (Å²) in [6.07, 6.45) is 1.90. The monoisotopic (exact) mass is 357 g/mol. The molecule has 0 radical (unpaired) electrons. The van der Waals surface area contributed by atoms with Gasteiger partial charge in [-0.1, -0.05) is 45.9 Å². The molecule has 140 valence electrons. The minimum Gasteiger partial charge on any atom is -0.480 e. The van der Waals surface area contributed by atoms with Crippen molar-refractivity contribution in [3.05, 3.63) is 47.3 Å². The highest BCUT2D eigenvalue weighted by atomic mass is 16.4. The Morgan fingerprint density at radius 1 is 1.19 bits per heavy atom. The van der Waals surface area contributed by atoms with Crippen molar-refractivity contribution in [2.24, 2.45) is 5.92 Å². The number of aromatic nitrogens is 2. The van der Waals surface area contributed by atoms with Crippen molar-refractivity contribution in [3.63, 3.8) is 0 Å². The predicted molar refractivity (Wildman–Crippen MR) is 101 cm³/mol. The van der Waals surface area contributed by atoms with Crippen LogP contribution in [0.1, 0.15) is 61.6 Å². The van der Waals surface area contributed by atoms with Crippen molar-refractivity contribution in [3.8, 4) is 5.69 Å². The molecule has 2 rings (SSSR count). The fourth-order valence-electron chi connectivity index (χ4n) is 3.01. The van der Waals surface area contributed by atoms with Crippen molar-refractivity contribution in [1.29, 1.82) is 0 Å². The van der Waals surface area contributed by atoms with Gasteiger partial charge in [0.1, 0.15) is 6.04 Å². The van der Waals surface area contributed by atoms with Crippen LogP contribution in [0.2, 0.25) is 0 Å². The van der Waals surface area contributed by atoms with E-state index < -0.39 is 17.9 Å². The summed E-state index contributed by atoms with van der Waals surface area (Å²) in [5, 5.41) is 16.4. The number of para-hydroxylation sites is 1. The van der Waals surface area contributed by atoms with E-state index in [-0.39, 0.29) is 11.8 Å². The van der Waals surface area contributed by atoms with Gasteiger partial charge in [-0.05, 0) is 36.8 Å². The molecule has 1 heterocycles. The Morgan fingerprint density at radius 3 is 2.38 bits per heavy atom. The zero-order chi connectivity index (χ0) is 19.4. The second-order valence-electron chi connectivity index (χ2n) is 7.29. The van der Waals surface area contributed by atoms with E-state index in [0.29, 0.717) is 12.0 Å². The van der Waals surface area contributed by atoms with E-state index in [1.54, 1.807) is 4.68 Å². The molecule has 0 aliphatic heterocycles. The van der Waals surface area contributed by atoms with E-state index in [0.717, 1.165) is 16.9 Å². The molecule has 2 aromatic rings. The number of aryl methyl sites for hydroxylation is 1. The maximum atomic E-state index is 12.8. The maximum Gasteiger partial charge on any atom is 0.326 e. The topological polar surface area (TPSA) is 84.2 Å². The molecule has 0 bridgehead atoms. The second-order valence-corrected chi connectivity index (χ2v) is 7.29. The van der Waals surface area contributed by atoms with Crippen molar-refractivity contribution < 1.29 is 14.7 Å². The number of benzene rings is 1. The van der Waals surface area contributed by atoms with E-state index >= 15 is 0 Å². The van der Waals surface area contributed by atoms with Crippen molar-refractivity contribution in [1.82, 2.24) is 15.1 Å². The number of nitrogens with one attached hydrogen (secondary N) is 1. The van der Waals surface area contributed by atoms with E-state index in [2.05, 4.69) is 10.4 Å². The molecule has 1 aromatic carbocycles. The quantitative estimate of drug-likeness (QED) is 0.794. The summed E-state index contributed by atoms with van der Waals surface area (Å²) in [6, 6.07) is 6.91. The highest BCUT2D eigenvalue weighted by Crippen LogP contribution is 2.25. The number of rotatable bonds is 7. The molecule has 6 nitrogen and oxygen atoms in total. The number of hydrogen-bond acceptors (Lipinski definition) is 3. The van der Waals surface area contributed by atoms with Crippen LogP contribution in [0.15, 0.2) is 30.5 Å². The molecule has 0 saturated carbocycles. The molecule has 1 aromatic heterocycles. The number of hydrogen-bond donors (Lipinski definition) is 2. The lowest BCUT2D eigenvalue weighted by Gasteiger charge is -2.18. The van der Waals surface area contributed by atoms with Crippen LogP contribution in [0.4, 0.5) is 0 Å². The van der Waals surface area contributed by atoms with Gasteiger partial charge in [-0.25, -0.2) is 9.48 Å². The van der Waals surface area contributed by atoms with E-state index in [1.807, 2.05) is 58.9 Å². The van der Waals surface area contributed by atoms with Gasteiger partial charge in [-0.2, -0.15) is 5.10 Å². The van der Waals surface area contributed by atoms with Crippen LogP contribution in [-0.2, 0) is 4.79 Å². The summed E-state index contributed by atoms with van der Waals surface area (Å²) in [6.45, 7) is 9.83. The highest BCUT2D eigenvalue weighted by molar-refractivity contribution is 5.97. The Balaban J connectivity index is 2.39. The molecule has 1 atom stereocenters. The van der Waals surface area contributed by atoms with Crippen molar-refractivity contribution >= 4 is 11.9 Å². The minimum absolute atomic E-state index is 0.0474. The number of carboxylic acid groups (broad SMARTS) is 1. The third-order valence-electron chi connectivity index (χ3n) is 4.25. The molecule has 26 heavy (non-hydrogen) atoms. The zero-order valence-electron chi connectivity index (χ0n) is 16.0. The molecule has 1 amide bonds. The Kier molecular flexibility index (Phi) is 6.18. The molecular formula is C20H27N3O3. The van der Waals surface area contributed by atoms with E-state index in [1.165, 1.54) is 6.20 Å². The third kappa shape index (κ3) is 4.31. The summed E-state index contributed by atoms with van der Waals surface area (Å²) < 4.78 is 1.77. The van der Waals surface area contributed by atoms with Gasteiger partial charge in [0.15, 0.2) is 0 Å². The Hall–Kier alpha value is -2.63. The van der Waals surface area contributed by atoms with E-state index in [9.17, 15) is 14.7 Å². The van der Waals surface area contributed by atoms with Crippen molar-refractivity contribution in [2.45, 2.75) is 53.0 Å². The first-order chi connectivity index (χ1) is 12.2. The first-order valence-corrected chi connectivity index (χ1v) is 8.90. The number of carbonyl (C=O) groups excluding carboxylic acids is 1. The zero-order valence-corrected chi connectivity index (χ0v) is 16.0. The smallest absolute Gasteiger partial charge is 0.326 e. The summed E-state index contributed by atoms with van der Waals surface area (Å²) in [4.78, 5) is 24.2. The Morgan fingerprint density at radius 2 is 1.85 bits per heavy atom. The fraction of sp³-hybridized carbons (Fsp3) is 0.450. The lowest BCUT2D eigenvalue weighted by Crippen LogP contribution is -2.41. The van der Waals surface area contributed by atoms with E-state index in [4.69, 9.17) is 0 Å². The second kappa shape index (κ2) is 8.17. The number of carbonyl (C=O) groups is 2. The number of amides is 1. The average Bonchev–Trinajstić information content (AvgIpc) is 2.99. The fourth-order valence-corrected chi connectivity index (χ4v) is 3.01. The number of aliphatic carboxylic acids is 1. The SMILES string of the molecule is Cc1ccccc1-n1ncc(C(=O)N[C@H](CC(C)C)C(=O)O)c1C(C)C. The van der Waals surface area contributed by atoms with Gasteiger partial charge in [-0.3, -0.25) is 4.79 Å². The maximum absolute atomic E-state index is 12.8. The highest BCUT2D eigenvalue weighted by Gasteiger charge is 2.26. The van der Waals surface area contributed by atoms with Gasteiger partial charge < -0.3 is 10.4 Å². The molecule has 0 aliphatic rings. The first-order valence-electron chi connectivity index (χ1n) is 8.90. The average molecular weight is 357 g/mol. The number of carboxylic acids is 1. The molecule has 0 unspecified atom stereocenters. The Labute approximate surface area is 154 Å². The number of nitrogens with zero attached hydrogens (tertiary/aromatic N) is 2. The van der Waals surface area contributed by atoms with Gasteiger partial charge in [0.05, 0.1) is 23.1 Å². The summed E-state index contributed by atoms with van der Waals surface area (Å²) in [7, 11) is 0. The van der Waals surface area contributed by atoms with Gasteiger partial charge in [0, 0.05) is 0 Å². The lowest BCUT2D eigenvalue weighted by molar-refractivity contribution is -0.139. The van der Waals surface area contributed by atoms with Crippen LogP contribution in [0.5, 0.6) is 0 Å². The largest absolute Gasteiger partial charge is 0.480 e. The van der Waals surface area contributed by atoms with Crippen LogP contribution in [0, 0.1) is 12.8 Å². The van der Waals surface area contributed by atoms with Gasteiger partial charge in [-0.15, -0.1) is 0 Å². The van der Waals surface area contributed by atoms with Gasteiger partial charge in [0.25, 0.3) is 5.91 Å². The third-order valence-corrected chi connectivity index (χ3v) is 4.25. The Bertz CT molecular complexity index is 793. The molecule has 0 fully saturated rings. The lowest BCUT2D eigenvalue weighted by atomic mass is 10.0. The van der Waals surface area contributed by atoms with Crippen molar-refractivity contribution in [2.75, 3.05) is 0 Å². The standard InChI is InChI=1S/C20H27N3O3/c1-12(2)10-16(20(25)26)22-19(24)15-11-21-23(18(15)13(3)4)17-9-7-6-8-14(17)5/h6-9,11-13,16H,10H2,1-5H3,(H,22,24)(H,25,26)/t16-/m1/s1. The van der Waals surface area contributed by atoms with Gasteiger partial charge in [0.2, 0.25) is 0 Å². The van der Waals surface area contributed by atoms with Crippen LogP contribution in [0.3, 0.4) is 0 Å². The molecule has 0 saturated heterocycles. The van der Waals surface area contributed by atoms with Crippen LogP contribution in [0.25, 0.3) is 5.69 Å². The normalized spacial score (nSPS) is 12.4.